The summed E-state index contributed by atoms with van der Waals surface area (Å²) in [4.78, 5) is 14.0. The lowest BCUT2D eigenvalue weighted by molar-refractivity contribution is 0.0777. The number of rotatable bonds is 3. The smallest absolute Gasteiger partial charge is 0.276 e. The second-order valence-corrected chi connectivity index (χ2v) is 4.70. The molecule has 0 aromatic carbocycles. The third-order valence-corrected chi connectivity index (χ3v) is 3.40. The highest BCUT2D eigenvalue weighted by molar-refractivity contribution is 5.93. The molecule has 3 heterocycles. The Morgan fingerprint density at radius 3 is 3.00 bits per heavy atom. The molecule has 1 fully saturated rings. The zero-order chi connectivity index (χ0) is 13.2. The quantitative estimate of drug-likeness (QED) is 0.933. The van der Waals surface area contributed by atoms with Gasteiger partial charge >= 0.3 is 0 Å². The van der Waals surface area contributed by atoms with Crippen LogP contribution in [0.3, 0.4) is 0 Å². The van der Waals surface area contributed by atoms with Gasteiger partial charge in [-0.3, -0.25) is 4.79 Å². The second-order valence-electron chi connectivity index (χ2n) is 4.70. The van der Waals surface area contributed by atoms with Crippen molar-refractivity contribution >= 4 is 18.3 Å². The molecular formula is C13H16ClN3O3. The van der Waals surface area contributed by atoms with E-state index < -0.39 is 0 Å². The molecule has 1 aliphatic rings. The van der Waals surface area contributed by atoms with Crippen LogP contribution in [0.25, 0.3) is 11.5 Å². The average molecular weight is 298 g/mol. The highest BCUT2D eigenvalue weighted by Crippen LogP contribution is 2.23. The van der Waals surface area contributed by atoms with Crippen LogP contribution >= 0.6 is 12.4 Å². The number of furan rings is 1. The van der Waals surface area contributed by atoms with Crippen LogP contribution < -0.4 is 5.73 Å². The van der Waals surface area contributed by atoms with Crippen molar-refractivity contribution in [2.45, 2.75) is 6.42 Å². The Balaban J connectivity index is 0.00000147. The predicted octanol–water partition coefficient (Wildman–Crippen LogP) is 1.78. The van der Waals surface area contributed by atoms with Crippen molar-refractivity contribution in [2.24, 2.45) is 11.7 Å². The number of aromatic nitrogens is 1. The number of amides is 1. The van der Waals surface area contributed by atoms with Gasteiger partial charge in [-0.1, -0.05) is 5.16 Å². The van der Waals surface area contributed by atoms with E-state index in [2.05, 4.69) is 5.16 Å². The van der Waals surface area contributed by atoms with E-state index in [0.29, 0.717) is 36.2 Å². The van der Waals surface area contributed by atoms with Gasteiger partial charge < -0.3 is 19.6 Å². The Morgan fingerprint density at radius 1 is 1.50 bits per heavy atom. The van der Waals surface area contributed by atoms with Gasteiger partial charge in [0.2, 0.25) is 5.76 Å². The summed E-state index contributed by atoms with van der Waals surface area (Å²) in [6.45, 7) is 2.03. The van der Waals surface area contributed by atoms with Gasteiger partial charge in [-0.2, -0.15) is 0 Å². The maximum Gasteiger partial charge on any atom is 0.276 e. The standard InChI is InChI=1S/C13H15N3O3.ClH/c14-7-9-3-4-16(8-9)13(17)10-6-12(19-15-10)11-2-1-5-18-11;/h1-2,5-6,9H,3-4,7-8,14H2;1H. The van der Waals surface area contributed by atoms with Crippen molar-refractivity contribution in [1.29, 1.82) is 0 Å². The molecule has 1 saturated heterocycles. The summed E-state index contributed by atoms with van der Waals surface area (Å²) in [5, 5.41) is 3.81. The molecule has 0 bridgehead atoms. The van der Waals surface area contributed by atoms with E-state index in [1.54, 1.807) is 29.4 Å². The Morgan fingerprint density at radius 2 is 2.35 bits per heavy atom. The Labute approximate surface area is 122 Å². The van der Waals surface area contributed by atoms with Gasteiger partial charge in [0.15, 0.2) is 11.5 Å². The number of nitrogens with zero attached hydrogens (tertiary/aromatic N) is 2. The van der Waals surface area contributed by atoms with E-state index in [0.717, 1.165) is 13.0 Å². The van der Waals surface area contributed by atoms with E-state index in [9.17, 15) is 4.79 Å². The number of halogens is 1. The molecule has 1 amide bonds. The van der Waals surface area contributed by atoms with Gasteiger partial charge in [0.1, 0.15) is 0 Å². The van der Waals surface area contributed by atoms with Gasteiger partial charge in [-0.25, -0.2) is 0 Å². The van der Waals surface area contributed by atoms with E-state index in [1.807, 2.05) is 0 Å². The van der Waals surface area contributed by atoms with Crippen molar-refractivity contribution in [3.8, 4) is 11.5 Å². The number of hydrogen-bond donors (Lipinski definition) is 1. The van der Waals surface area contributed by atoms with Gasteiger partial charge in [-0.15, -0.1) is 12.4 Å². The molecule has 20 heavy (non-hydrogen) atoms. The first-order chi connectivity index (χ1) is 9.28. The molecule has 7 heteroatoms. The fourth-order valence-electron chi connectivity index (χ4n) is 2.28. The maximum atomic E-state index is 12.2. The summed E-state index contributed by atoms with van der Waals surface area (Å²) < 4.78 is 10.3. The summed E-state index contributed by atoms with van der Waals surface area (Å²) in [7, 11) is 0. The van der Waals surface area contributed by atoms with Crippen LogP contribution in [-0.2, 0) is 0 Å². The van der Waals surface area contributed by atoms with E-state index in [4.69, 9.17) is 14.7 Å². The van der Waals surface area contributed by atoms with Gasteiger partial charge in [0.05, 0.1) is 6.26 Å². The fraction of sp³-hybridized carbons (Fsp3) is 0.385. The van der Waals surface area contributed by atoms with Crippen LogP contribution in [0.15, 0.2) is 33.4 Å². The minimum Gasteiger partial charge on any atom is -0.461 e. The minimum absolute atomic E-state index is 0. The van der Waals surface area contributed by atoms with Crippen LogP contribution in [0.4, 0.5) is 0 Å². The largest absolute Gasteiger partial charge is 0.461 e. The monoisotopic (exact) mass is 297 g/mol. The van der Waals surface area contributed by atoms with E-state index in [-0.39, 0.29) is 18.3 Å². The van der Waals surface area contributed by atoms with E-state index in [1.165, 1.54) is 0 Å². The molecule has 0 saturated carbocycles. The van der Waals surface area contributed by atoms with Crippen molar-refractivity contribution < 1.29 is 13.7 Å². The van der Waals surface area contributed by atoms with Crippen molar-refractivity contribution in [3.05, 3.63) is 30.2 Å². The molecule has 0 spiro atoms. The minimum atomic E-state index is -0.113. The summed E-state index contributed by atoms with van der Waals surface area (Å²) in [6.07, 6.45) is 2.50. The van der Waals surface area contributed by atoms with Gasteiger partial charge in [0, 0.05) is 19.2 Å². The van der Waals surface area contributed by atoms with E-state index >= 15 is 0 Å². The van der Waals surface area contributed by atoms with Crippen LogP contribution in [0.2, 0.25) is 0 Å². The van der Waals surface area contributed by atoms with Crippen LogP contribution in [-0.4, -0.2) is 35.6 Å². The topological polar surface area (TPSA) is 85.5 Å². The number of hydrogen-bond acceptors (Lipinski definition) is 5. The second kappa shape index (κ2) is 6.11. The van der Waals surface area contributed by atoms with Crippen molar-refractivity contribution in [1.82, 2.24) is 10.1 Å². The molecule has 108 valence electrons. The van der Waals surface area contributed by atoms with Crippen LogP contribution in [0.1, 0.15) is 16.9 Å². The molecule has 0 radical (unpaired) electrons. The molecule has 2 N–H and O–H groups in total. The van der Waals surface area contributed by atoms with Gasteiger partial charge in [-0.05, 0) is 31.0 Å². The van der Waals surface area contributed by atoms with Crippen molar-refractivity contribution in [2.75, 3.05) is 19.6 Å². The first-order valence-corrected chi connectivity index (χ1v) is 6.28. The Hall–Kier alpha value is -1.79. The van der Waals surface area contributed by atoms with Crippen LogP contribution in [0.5, 0.6) is 0 Å². The average Bonchev–Trinajstić information content (AvgIpc) is 3.16. The third-order valence-electron chi connectivity index (χ3n) is 3.40. The number of nitrogens with two attached hydrogens (primary N) is 1. The zero-order valence-electron chi connectivity index (χ0n) is 10.8. The number of likely N-dealkylation sites (tertiary alicyclic amines) is 1. The van der Waals surface area contributed by atoms with Gasteiger partial charge in [0.25, 0.3) is 5.91 Å². The molecule has 2 aromatic rings. The lowest BCUT2D eigenvalue weighted by atomic mass is 10.1. The summed E-state index contributed by atoms with van der Waals surface area (Å²) in [6, 6.07) is 5.12. The lowest BCUT2D eigenvalue weighted by Gasteiger charge is -2.13. The van der Waals surface area contributed by atoms with Crippen molar-refractivity contribution in [3.63, 3.8) is 0 Å². The summed E-state index contributed by atoms with van der Waals surface area (Å²) in [5.74, 6) is 1.30. The third kappa shape index (κ3) is 2.71. The molecule has 3 rings (SSSR count). The molecule has 1 atom stereocenters. The molecular weight excluding hydrogens is 282 g/mol. The molecule has 2 aromatic heterocycles. The lowest BCUT2D eigenvalue weighted by Crippen LogP contribution is -2.30. The molecule has 6 nitrogen and oxygen atoms in total. The summed E-state index contributed by atoms with van der Waals surface area (Å²) >= 11 is 0. The first-order valence-electron chi connectivity index (χ1n) is 6.28. The predicted molar refractivity (Wildman–Crippen MR) is 74.5 cm³/mol. The zero-order valence-corrected chi connectivity index (χ0v) is 11.6. The fourth-order valence-corrected chi connectivity index (χ4v) is 2.28. The molecule has 0 aliphatic carbocycles. The normalized spacial score (nSPS) is 18.1. The molecule has 1 unspecified atom stereocenters. The maximum absolute atomic E-state index is 12.2. The molecule has 1 aliphatic heterocycles. The highest BCUT2D eigenvalue weighted by Gasteiger charge is 2.28. The number of carbonyl (C=O) groups is 1. The highest BCUT2D eigenvalue weighted by atomic mass is 35.5. The Bertz CT molecular complexity index is 567. The number of carbonyl (C=O) groups excluding carboxylic acids is 1. The summed E-state index contributed by atoms with van der Waals surface area (Å²) in [5.41, 5.74) is 5.93. The van der Waals surface area contributed by atoms with Crippen LogP contribution in [0, 0.1) is 5.92 Å². The first kappa shape index (κ1) is 14.6. The Kier molecular flexibility index (Phi) is 4.46. The SMILES string of the molecule is Cl.NCC1CCN(C(=O)c2cc(-c3ccco3)on2)C1.